The van der Waals surface area contributed by atoms with Gasteiger partial charge in [0.1, 0.15) is 0 Å². The van der Waals surface area contributed by atoms with Crippen molar-refractivity contribution in [2.24, 2.45) is 0 Å². The van der Waals surface area contributed by atoms with Crippen molar-refractivity contribution >= 4 is 47.1 Å². The molecule has 3 aromatic carbocycles. The van der Waals surface area contributed by atoms with Crippen LogP contribution in [-0.4, -0.2) is 20.2 Å². The van der Waals surface area contributed by atoms with E-state index in [9.17, 15) is 4.79 Å². The van der Waals surface area contributed by atoms with Gasteiger partial charge in [-0.2, -0.15) is 0 Å². The van der Waals surface area contributed by atoms with Crippen LogP contribution in [0.15, 0.2) is 84.9 Å². The number of benzene rings is 3. The van der Waals surface area contributed by atoms with E-state index in [1.54, 1.807) is 0 Å². The molecule has 1 atom stereocenters. The van der Waals surface area contributed by atoms with Crippen LogP contribution in [-0.2, 0) is 9.22 Å². The van der Waals surface area contributed by atoms with E-state index in [2.05, 4.69) is 93.6 Å². The molecule has 0 aliphatic carbocycles. The fourth-order valence-electron chi connectivity index (χ4n) is 4.82. The van der Waals surface area contributed by atoms with Crippen molar-refractivity contribution in [2.75, 3.05) is 6.61 Å². The van der Waals surface area contributed by atoms with Crippen molar-refractivity contribution in [1.29, 1.82) is 0 Å². The lowest BCUT2D eigenvalue weighted by Crippen LogP contribution is -2.66. The Morgan fingerprint density at radius 1 is 0.853 bits per heavy atom. The monoisotopic (exact) mass is 512 g/mol. The summed E-state index contributed by atoms with van der Waals surface area (Å²) in [4.78, 5) is 11.3. The first-order chi connectivity index (χ1) is 16.2. The average Bonchev–Trinajstić information content (AvgIpc) is 2.81. The van der Waals surface area contributed by atoms with E-state index in [0.717, 1.165) is 24.3 Å². The second kappa shape index (κ2) is 12.2. The number of halogens is 2. The second-order valence-electron chi connectivity index (χ2n) is 9.80. The van der Waals surface area contributed by atoms with Crippen LogP contribution in [0.1, 0.15) is 57.9 Å². The molecule has 0 N–H and O–H groups in total. The Balaban J connectivity index is 1.89. The summed E-state index contributed by atoms with van der Waals surface area (Å²) in [6.07, 6.45) is 2.89. The fourth-order valence-corrected chi connectivity index (χ4v) is 9.66. The largest absolute Gasteiger partial charge is 0.407 e. The molecule has 2 nitrogen and oxygen atoms in total. The highest BCUT2D eigenvalue weighted by molar-refractivity contribution is 6.99. The quantitative estimate of drug-likeness (QED) is 0.198. The number of carbonyl (C=O) groups is 1. The van der Waals surface area contributed by atoms with Crippen molar-refractivity contribution in [3.63, 3.8) is 0 Å². The molecule has 0 saturated heterocycles. The molecular formula is C29H34Cl2O2Si. The third kappa shape index (κ3) is 6.60. The maximum atomic E-state index is 11.3. The normalized spacial score (nSPS) is 13.0. The van der Waals surface area contributed by atoms with Crippen LogP contribution in [0.25, 0.3) is 0 Å². The van der Waals surface area contributed by atoms with Gasteiger partial charge in [0.2, 0.25) is 5.24 Å². The molecule has 0 amide bonds. The Morgan fingerprint density at radius 3 is 1.85 bits per heavy atom. The highest BCUT2D eigenvalue weighted by Gasteiger charge is 2.50. The summed E-state index contributed by atoms with van der Waals surface area (Å²) in [6, 6.07) is 29.4. The first-order valence-corrected chi connectivity index (χ1v) is 14.6. The van der Waals surface area contributed by atoms with Crippen molar-refractivity contribution in [2.45, 2.75) is 57.4 Å². The summed E-state index contributed by atoms with van der Waals surface area (Å²) in [5.41, 5.74) is 1.22. The first kappa shape index (κ1) is 26.7. The van der Waals surface area contributed by atoms with Crippen molar-refractivity contribution in [1.82, 2.24) is 0 Å². The van der Waals surface area contributed by atoms with Crippen LogP contribution >= 0.6 is 23.2 Å². The summed E-state index contributed by atoms with van der Waals surface area (Å²) in [6.45, 7) is 7.52. The molecular weight excluding hydrogens is 479 g/mol. The van der Waals surface area contributed by atoms with E-state index < -0.39 is 8.32 Å². The highest BCUT2D eigenvalue weighted by Crippen LogP contribution is 2.37. The third-order valence-electron chi connectivity index (χ3n) is 6.47. The maximum Gasteiger partial charge on any atom is 0.261 e. The van der Waals surface area contributed by atoms with Crippen LogP contribution in [0.3, 0.4) is 0 Å². The summed E-state index contributed by atoms with van der Waals surface area (Å²) in [5, 5.41) is 2.95. The molecule has 0 saturated carbocycles. The minimum atomic E-state index is -2.57. The van der Waals surface area contributed by atoms with Crippen molar-refractivity contribution in [3.8, 4) is 0 Å². The zero-order valence-corrected chi connectivity index (χ0v) is 22.8. The van der Waals surface area contributed by atoms with Gasteiger partial charge in [-0.15, -0.1) is 0 Å². The molecule has 0 heterocycles. The minimum Gasteiger partial charge on any atom is -0.407 e. The van der Waals surface area contributed by atoms with E-state index in [1.165, 1.54) is 15.9 Å². The molecule has 0 aliphatic rings. The summed E-state index contributed by atoms with van der Waals surface area (Å²) in [5.74, 6) is 0.270. The molecule has 0 aromatic heterocycles. The maximum absolute atomic E-state index is 11.3. The second-order valence-corrected chi connectivity index (χ2v) is 15.0. The van der Waals surface area contributed by atoms with Gasteiger partial charge in [-0.3, -0.25) is 4.79 Å². The SMILES string of the molecule is CC(C)(C)[Si](OCC[C@@H](CCCC(=O)Cl)c1ccc(Cl)cc1)(c1ccccc1)c1ccccc1. The molecule has 3 rings (SSSR count). The van der Waals surface area contributed by atoms with Gasteiger partial charge in [-0.25, -0.2) is 0 Å². The van der Waals surface area contributed by atoms with E-state index in [0.29, 0.717) is 13.0 Å². The average molecular weight is 514 g/mol. The molecule has 0 aliphatic heterocycles. The van der Waals surface area contributed by atoms with Gasteiger partial charge in [0.05, 0.1) is 0 Å². The van der Waals surface area contributed by atoms with Crippen LogP contribution < -0.4 is 10.4 Å². The Hall–Kier alpha value is -1.91. The Kier molecular flexibility index (Phi) is 9.55. The smallest absolute Gasteiger partial charge is 0.261 e. The van der Waals surface area contributed by atoms with Crippen LogP contribution in [0.2, 0.25) is 10.1 Å². The minimum absolute atomic E-state index is 0.0590. The fraction of sp³-hybridized carbons (Fsp3) is 0.345. The predicted molar refractivity (Wildman–Crippen MR) is 147 cm³/mol. The Bertz CT molecular complexity index is 992. The van der Waals surface area contributed by atoms with E-state index in [-0.39, 0.29) is 16.2 Å². The van der Waals surface area contributed by atoms with Crippen LogP contribution in [0, 0.1) is 0 Å². The van der Waals surface area contributed by atoms with Gasteiger partial charge in [0, 0.05) is 18.1 Å². The van der Waals surface area contributed by atoms with Gasteiger partial charge >= 0.3 is 0 Å². The van der Waals surface area contributed by atoms with Gasteiger partial charge < -0.3 is 4.43 Å². The summed E-state index contributed by atoms with van der Waals surface area (Å²) in [7, 11) is -2.57. The molecule has 34 heavy (non-hydrogen) atoms. The van der Waals surface area contributed by atoms with Crippen molar-refractivity contribution in [3.05, 3.63) is 95.5 Å². The Labute approximate surface area is 215 Å². The zero-order valence-electron chi connectivity index (χ0n) is 20.3. The topological polar surface area (TPSA) is 26.3 Å². The highest BCUT2D eigenvalue weighted by atomic mass is 35.5. The number of hydrogen-bond donors (Lipinski definition) is 0. The number of carbonyl (C=O) groups excluding carboxylic acids is 1. The molecule has 0 unspecified atom stereocenters. The van der Waals surface area contributed by atoms with Gasteiger partial charge in [-0.1, -0.05) is 105 Å². The van der Waals surface area contributed by atoms with Crippen LogP contribution in [0.5, 0.6) is 0 Å². The number of rotatable bonds is 11. The van der Waals surface area contributed by atoms with Crippen molar-refractivity contribution < 1.29 is 9.22 Å². The van der Waals surface area contributed by atoms with E-state index >= 15 is 0 Å². The molecule has 0 radical (unpaired) electrons. The summed E-state index contributed by atoms with van der Waals surface area (Å²) < 4.78 is 7.09. The molecule has 0 spiro atoms. The summed E-state index contributed by atoms with van der Waals surface area (Å²) >= 11 is 11.7. The number of hydrogen-bond acceptors (Lipinski definition) is 2. The molecule has 0 bridgehead atoms. The van der Waals surface area contributed by atoms with Crippen LogP contribution in [0.4, 0.5) is 0 Å². The zero-order chi connectivity index (χ0) is 24.6. The predicted octanol–water partition coefficient (Wildman–Crippen LogP) is 7.33. The lowest BCUT2D eigenvalue weighted by atomic mass is 9.91. The molecule has 180 valence electrons. The standard InChI is InChI=1S/C29H34Cl2O2Si/c1-29(2,3)34(26-12-6-4-7-13-26,27-14-8-5-9-15-27)33-22-21-23(11-10-16-28(31)32)24-17-19-25(30)20-18-24/h4-9,12-15,17-20,23H,10-11,16,21-22H2,1-3H3/t23-/m1/s1. The van der Waals surface area contributed by atoms with E-state index in [4.69, 9.17) is 27.6 Å². The lowest BCUT2D eigenvalue weighted by molar-refractivity contribution is -0.111. The first-order valence-electron chi connectivity index (χ1n) is 11.9. The molecule has 3 aromatic rings. The Morgan fingerprint density at radius 2 is 1.38 bits per heavy atom. The van der Waals surface area contributed by atoms with Gasteiger partial charge in [-0.05, 0) is 69.9 Å². The van der Waals surface area contributed by atoms with Gasteiger partial charge in [0.15, 0.2) is 0 Å². The molecule has 5 heteroatoms. The lowest BCUT2D eigenvalue weighted by Gasteiger charge is -2.43. The third-order valence-corrected chi connectivity index (χ3v) is 12.0. The molecule has 0 fully saturated rings. The van der Waals surface area contributed by atoms with E-state index in [1.807, 2.05) is 12.1 Å². The van der Waals surface area contributed by atoms with Gasteiger partial charge in [0.25, 0.3) is 8.32 Å².